The Labute approximate surface area is 160 Å². The maximum atomic E-state index is 12.4. The number of nitrogens with zero attached hydrogens (tertiary/aromatic N) is 1. The molecule has 0 aliphatic carbocycles. The van der Waals surface area contributed by atoms with E-state index in [9.17, 15) is 9.59 Å². The molecule has 0 aliphatic rings. The number of methoxy groups -OCH3 is 1. The molecule has 1 heterocycles. The van der Waals surface area contributed by atoms with Crippen LogP contribution in [-0.2, 0) is 22.5 Å². The van der Waals surface area contributed by atoms with Crippen LogP contribution in [0.15, 0.2) is 42.0 Å². The summed E-state index contributed by atoms with van der Waals surface area (Å²) in [6.07, 6.45) is 2.23. The lowest BCUT2D eigenvalue weighted by atomic mass is 10.1. The maximum Gasteiger partial charge on any atom is 0.331 e. The van der Waals surface area contributed by atoms with Gasteiger partial charge in [-0.2, -0.15) is 0 Å². The zero-order valence-electron chi connectivity index (χ0n) is 16.7. The highest BCUT2D eigenvalue weighted by molar-refractivity contribution is 5.99. The second kappa shape index (κ2) is 9.21. The van der Waals surface area contributed by atoms with Crippen molar-refractivity contribution in [2.24, 2.45) is 0 Å². The summed E-state index contributed by atoms with van der Waals surface area (Å²) in [7, 11) is 1.65. The van der Waals surface area contributed by atoms with Gasteiger partial charge >= 0.3 is 5.97 Å². The van der Waals surface area contributed by atoms with Crippen LogP contribution in [0.1, 0.15) is 41.2 Å². The lowest BCUT2D eigenvalue weighted by Gasteiger charge is -2.10. The second-order valence-electron chi connectivity index (χ2n) is 6.79. The summed E-state index contributed by atoms with van der Waals surface area (Å²) >= 11 is 0. The number of carbonyl (C=O) groups excluding carboxylic acids is 2. The Balaban J connectivity index is 2.03. The van der Waals surface area contributed by atoms with E-state index < -0.39 is 5.97 Å². The molecule has 0 N–H and O–H groups in total. The number of carbonyl (C=O) groups is 2. The molecule has 0 atom stereocenters. The summed E-state index contributed by atoms with van der Waals surface area (Å²) in [5.74, 6) is 0.161. The fourth-order valence-electron chi connectivity index (χ4n) is 2.95. The Kier molecular flexibility index (Phi) is 6.99. The van der Waals surface area contributed by atoms with E-state index in [1.807, 2.05) is 44.2 Å². The van der Waals surface area contributed by atoms with E-state index in [4.69, 9.17) is 9.47 Å². The van der Waals surface area contributed by atoms with Gasteiger partial charge in [-0.3, -0.25) is 4.79 Å². The van der Waals surface area contributed by atoms with Crippen molar-refractivity contribution in [3.8, 4) is 5.75 Å². The van der Waals surface area contributed by atoms with Crippen LogP contribution >= 0.6 is 0 Å². The van der Waals surface area contributed by atoms with Crippen molar-refractivity contribution in [1.82, 2.24) is 4.57 Å². The summed E-state index contributed by atoms with van der Waals surface area (Å²) < 4.78 is 12.3. The van der Waals surface area contributed by atoms with Crippen LogP contribution in [0, 0.1) is 13.8 Å². The quantitative estimate of drug-likeness (QED) is 0.400. The number of Topliss-reactive ketones (excluding diaryl/α,β-unsaturated/α-hetero) is 1. The fraction of sp³-hybridized carbons (Fsp3) is 0.364. The normalized spacial score (nSPS) is 10.4. The second-order valence-corrected chi connectivity index (χ2v) is 6.79. The first-order valence-corrected chi connectivity index (χ1v) is 8.96. The van der Waals surface area contributed by atoms with Crippen LogP contribution in [0.5, 0.6) is 5.75 Å². The van der Waals surface area contributed by atoms with Gasteiger partial charge in [0.05, 0.1) is 7.11 Å². The first kappa shape index (κ1) is 20.5. The van der Waals surface area contributed by atoms with Gasteiger partial charge in [0.2, 0.25) is 5.78 Å². The molecule has 5 heteroatoms. The van der Waals surface area contributed by atoms with Crippen molar-refractivity contribution in [2.45, 2.75) is 40.7 Å². The largest absolute Gasteiger partial charge is 0.497 e. The predicted molar refractivity (Wildman–Crippen MR) is 105 cm³/mol. The summed E-state index contributed by atoms with van der Waals surface area (Å²) in [5.41, 5.74) is 4.55. The number of hydrogen-bond donors (Lipinski definition) is 0. The van der Waals surface area contributed by atoms with E-state index in [0.29, 0.717) is 5.56 Å². The average Bonchev–Trinajstić information content (AvgIpc) is 2.92. The lowest BCUT2D eigenvalue weighted by Crippen LogP contribution is -2.14. The number of hydrogen-bond acceptors (Lipinski definition) is 4. The SMILES string of the molecule is COc1ccc(CCn2c(C)cc(C(=O)COC(=O)C=C(C)C)c2C)cc1. The van der Waals surface area contributed by atoms with Crippen molar-refractivity contribution in [3.63, 3.8) is 0 Å². The molecule has 27 heavy (non-hydrogen) atoms. The first-order chi connectivity index (χ1) is 12.8. The van der Waals surface area contributed by atoms with Gasteiger partial charge in [-0.15, -0.1) is 0 Å². The predicted octanol–water partition coefficient (Wildman–Crippen LogP) is 4.05. The molecule has 1 aromatic heterocycles. The van der Waals surface area contributed by atoms with Gasteiger partial charge in [-0.25, -0.2) is 4.79 Å². The van der Waals surface area contributed by atoms with Crippen LogP contribution in [-0.4, -0.2) is 30.0 Å². The Morgan fingerprint density at radius 2 is 1.78 bits per heavy atom. The van der Waals surface area contributed by atoms with Crippen molar-refractivity contribution < 1.29 is 19.1 Å². The average molecular weight is 369 g/mol. The molecule has 5 nitrogen and oxygen atoms in total. The van der Waals surface area contributed by atoms with E-state index in [-0.39, 0.29) is 12.4 Å². The van der Waals surface area contributed by atoms with Gasteiger partial charge < -0.3 is 14.0 Å². The number of aromatic nitrogens is 1. The molecule has 1 aromatic carbocycles. The van der Waals surface area contributed by atoms with E-state index in [1.165, 1.54) is 11.6 Å². The maximum absolute atomic E-state index is 12.4. The molecule has 2 rings (SSSR count). The summed E-state index contributed by atoms with van der Waals surface area (Å²) in [4.78, 5) is 24.0. The van der Waals surface area contributed by atoms with Crippen LogP contribution in [0.2, 0.25) is 0 Å². The van der Waals surface area contributed by atoms with Crippen LogP contribution < -0.4 is 4.74 Å². The number of rotatable bonds is 8. The Bertz CT molecular complexity index is 840. The van der Waals surface area contributed by atoms with Crippen LogP contribution in [0.25, 0.3) is 0 Å². The molecule has 0 spiro atoms. The van der Waals surface area contributed by atoms with Gasteiger partial charge in [-0.05, 0) is 57.9 Å². The number of ketones is 1. The van der Waals surface area contributed by atoms with Crippen molar-refractivity contribution >= 4 is 11.8 Å². The van der Waals surface area contributed by atoms with Gasteiger partial charge in [0.15, 0.2) is 6.61 Å². The van der Waals surface area contributed by atoms with Gasteiger partial charge in [0, 0.05) is 29.6 Å². The smallest absolute Gasteiger partial charge is 0.331 e. The molecular weight excluding hydrogens is 342 g/mol. The minimum Gasteiger partial charge on any atom is -0.497 e. The standard InChI is InChI=1S/C22H27NO4/c1-15(2)12-22(25)27-14-21(24)20-13-16(3)23(17(20)4)11-10-18-6-8-19(26-5)9-7-18/h6-9,12-13H,10-11,14H2,1-5H3. The minimum atomic E-state index is -0.489. The zero-order valence-corrected chi connectivity index (χ0v) is 16.7. The Hall–Kier alpha value is -2.82. The molecule has 2 aromatic rings. The third-order valence-corrected chi connectivity index (χ3v) is 4.41. The molecule has 0 fully saturated rings. The lowest BCUT2D eigenvalue weighted by molar-refractivity contribution is -0.136. The number of benzene rings is 1. The summed E-state index contributed by atoms with van der Waals surface area (Å²) in [5, 5.41) is 0. The molecule has 0 saturated heterocycles. The highest BCUT2D eigenvalue weighted by atomic mass is 16.5. The highest BCUT2D eigenvalue weighted by Crippen LogP contribution is 2.18. The van der Waals surface area contributed by atoms with Gasteiger partial charge in [-0.1, -0.05) is 17.7 Å². The third-order valence-electron chi connectivity index (χ3n) is 4.41. The molecule has 0 saturated carbocycles. The number of esters is 1. The minimum absolute atomic E-state index is 0.186. The molecule has 0 amide bonds. The third kappa shape index (κ3) is 5.58. The topological polar surface area (TPSA) is 57.5 Å². The molecular formula is C22H27NO4. The molecule has 0 unspecified atom stereocenters. The van der Waals surface area contributed by atoms with Crippen molar-refractivity contribution in [1.29, 1.82) is 0 Å². The number of allylic oxidation sites excluding steroid dienone is 1. The van der Waals surface area contributed by atoms with Gasteiger partial charge in [0.25, 0.3) is 0 Å². The van der Waals surface area contributed by atoms with Crippen LogP contribution in [0.3, 0.4) is 0 Å². The van der Waals surface area contributed by atoms with Crippen molar-refractivity contribution in [3.05, 3.63) is 64.5 Å². The molecule has 0 bridgehead atoms. The first-order valence-electron chi connectivity index (χ1n) is 8.96. The van der Waals surface area contributed by atoms with E-state index in [0.717, 1.165) is 35.7 Å². The summed E-state index contributed by atoms with van der Waals surface area (Å²) in [6.45, 7) is 8.04. The molecule has 0 radical (unpaired) electrons. The van der Waals surface area contributed by atoms with E-state index >= 15 is 0 Å². The summed E-state index contributed by atoms with van der Waals surface area (Å²) in [6, 6.07) is 9.84. The number of ether oxygens (including phenoxy) is 2. The Morgan fingerprint density at radius 3 is 2.37 bits per heavy atom. The van der Waals surface area contributed by atoms with Crippen molar-refractivity contribution in [2.75, 3.05) is 13.7 Å². The van der Waals surface area contributed by atoms with E-state index in [1.54, 1.807) is 21.0 Å². The van der Waals surface area contributed by atoms with E-state index in [2.05, 4.69) is 4.57 Å². The highest BCUT2D eigenvalue weighted by Gasteiger charge is 2.17. The fourth-order valence-corrected chi connectivity index (χ4v) is 2.95. The zero-order chi connectivity index (χ0) is 20.0. The number of aryl methyl sites for hydroxylation is 2. The van der Waals surface area contributed by atoms with Gasteiger partial charge in [0.1, 0.15) is 5.75 Å². The molecule has 144 valence electrons. The molecule has 0 aliphatic heterocycles. The van der Waals surface area contributed by atoms with Crippen LogP contribution in [0.4, 0.5) is 0 Å². The Morgan fingerprint density at radius 1 is 1.11 bits per heavy atom. The monoisotopic (exact) mass is 369 g/mol.